The molecule has 9 heteroatoms. The van der Waals surface area contributed by atoms with E-state index < -0.39 is 35.8 Å². The fraction of sp³-hybridized carbons (Fsp3) is 0.222. The molecule has 4 N–H and O–H groups in total. The number of carbonyl (C=O) groups is 2. The van der Waals surface area contributed by atoms with E-state index in [1.54, 1.807) is 12.1 Å². The van der Waals surface area contributed by atoms with Crippen LogP contribution in [-0.4, -0.2) is 41.3 Å². The molecule has 0 aromatic heterocycles. The molecule has 2 rings (SSSR count). The van der Waals surface area contributed by atoms with Crippen LogP contribution < -0.4 is 10.6 Å². The zero-order valence-corrected chi connectivity index (χ0v) is 14.1. The molecule has 0 spiro atoms. The maximum absolute atomic E-state index is 12.6. The summed E-state index contributed by atoms with van der Waals surface area (Å²) in [6.45, 7) is 0. The Morgan fingerprint density at radius 2 is 1.30 bits per heavy atom. The van der Waals surface area contributed by atoms with Crippen LogP contribution in [0.25, 0.3) is 11.1 Å². The highest BCUT2D eigenvalue weighted by molar-refractivity contribution is 5.98. The van der Waals surface area contributed by atoms with Gasteiger partial charge in [0, 0.05) is 12.7 Å². The smallest absolute Gasteiger partial charge is 0.380 e. The predicted molar refractivity (Wildman–Crippen MR) is 91.6 cm³/mol. The van der Waals surface area contributed by atoms with E-state index in [-0.39, 0.29) is 5.69 Å². The van der Waals surface area contributed by atoms with Gasteiger partial charge >= 0.3 is 6.18 Å². The van der Waals surface area contributed by atoms with Crippen LogP contribution in [0.15, 0.2) is 48.5 Å². The second-order valence-corrected chi connectivity index (χ2v) is 5.65. The molecule has 0 aliphatic rings. The fourth-order valence-electron chi connectivity index (χ4n) is 2.25. The molecule has 0 radical (unpaired) electrons. The molecule has 0 saturated heterocycles. The lowest BCUT2D eigenvalue weighted by Gasteiger charge is -2.16. The van der Waals surface area contributed by atoms with Crippen LogP contribution in [0.3, 0.4) is 0 Å². The summed E-state index contributed by atoms with van der Waals surface area (Å²) in [5.74, 6) is -1.89. The third-order valence-electron chi connectivity index (χ3n) is 3.78. The van der Waals surface area contributed by atoms with E-state index in [0.717, 1.165) is 12.1 Å². The predicted octanol–water partition coefficient (Wildman–Crippen LogP) is 1.78. The van der Waals surface area contributed by atoms with Crippen molar-refractivity contribution in [1.29, 1.82) is 0 Å². The lowest BCUT2D eigenvalue weighted by molar-refractivity contribution is -0.142. The molecular formula is C18H17F3N2O4. The maximum atomic E-state index is 12.6. The van der Waals surface area contributed by atoms with E-state index >= 15 is 0 Å². The Labute approximate surface area is 152 Å². The molecule has 0 saturated carbocycles. The van der Waals surface area contributed by atoms with E-state index in [2.05, 4.69) is 10.6 Å². The Morgan fingerprint density at radius 1 is 0.852 bits per heavy atom. The molecule has 2 aromatic rings. The molecule has 6 nitrogen and oxygen atoms in total. The van der Waals surface area contributed by atoms with Crippen molar-refractivity contribution < 1.29 is 33.0 Å². The largest absolute Gasteiger partial charge is 0.416 e. The molecular weight excluding hydrogens is 365 g/mol. The Hall–Kier alpha value is -2.91. The van der Waals surface area contributed by atoms with Crippen LogP contribution >= 0.6 is 0 Å². The van der Waals surface area contributed by atoms with Crippen molar-refractivity contribution in [1.82, 2.24) is 5.32 Å². The first kappa shape index (κ1) is 20.4. The van der Waals surface area contributed by atoms with Gasteiger partial charge in [0.05, 0.1) is 5.56 Å². The molecule has 2 aromatic carbocycles. The highest BCUT2D eigenvalue weighted by Gasteiger charge is 2.30. The number of nitrogens with one attached hydrogen (secondary N) is 2. The van der Waals surface area contributed by atoms with Crippen LogP contribution in [-0.2, 0) is 15.8 Å². The fourth-order valence-corrected chi connectivity index (χ4v) is 2.25. The minimum absolute atomic E-state index is 0.277. The quantitative estimate of drug-likeness (QED) is 0.634. The average Bonchev–Trinajstić information content (AvgIpc) is 2.66. The number of anilines is 1. The number of hydrogen-bond acceptors (Lipinski definition) is 4. The molecule has 0 aliphatic heterocycles. The van der Waals surface area contributed by atoms with E-state index in [0.29, 0.717) is 11.1 Å². The standard InChI is InChI=1S/C18H17F3N2O4/c1-22-16(26)14(24)15(25)17(27)23-13-8-4-11(5-9-13)10-2-6-12(7-3-10)18(19,20)21/h2-9,14-15,24-25H,1H3,(H,22,26)(H,23,27). The molecule has 0 aliphatic carbocycles. The first-order chi connectivity index (χ1) is 12.6. The number of aliphatic hydroxyl groups is 2. The first-order valence-corrected chi connectivity index (χ1v) is 7.80. The molecule has 2 amide bonds. The minimum Gasteiger partial charge on any atom is -0.380 e. The van der Waals surface area contributed by atoms with Crippen molar-refractivity contribution >= 4 is 17.5 Å². The van der Waals surface area contributed by atoms with Gasteiger partial charge in [-0.2, -0.15) is 13.2 Å². The number of benzene rings is 2. The van der Waals surface area contributed by atoms with Gasteiger partial charge in [-0.3, -0.25) is 9.59 Å². The van der Waals surface area contributed by atoms with E-state index in [1.165, 1.54) is 31.3 Å². The van der Waals surface area contributed by atoms with Gasteiger partial charge in [0.2, 0.25) is 0 Å². The Kier molecular flexibility index (Phi) is 6.19. The topological polar surface area (TPSA) is 98.7 Å². The molecule has 27 heavy (non-hydrogen) atoms. The highest BCUT2D eigenvalue weighted by atomic mass is 19.4. The molecule has 0 bridgehead atoms. The number of aliphatic hydroxyl groups excluding tert-OH is 2. The number of likely N-dealkylation sites (N-methyl/N-ethyl adjacent to an activating group) is 1. The van der Waals surface area contributed by atoms with Crippen LogP contribution in [0.1, 0.15) is 5.56 Å². The van der Waals surface area contributed by atoms with Gasteiger partial charge in [-0.15, -0.1) is 0 Å². The molecule has 144 valence electrons. The minimum atomic E-state index is -4.41. The van der Waals surface area contributed by atoms with Crippen molar-refractivity contribution in [2.24, 2.45) is 0 Å². The molecule has 2 atom stereocenters. The first-order valence-electron chi connectivity index (χ1n) is 7.80. The van der Waals surface area contributed by atoms with Crippen LogP contribution in [0.5, 0.6) is 0 Å². The van der Waals surface area contributed by atoms with E-state index in [9.17, 15) is 33.0 Å². The lowest BCUT2D eigenvalue weighted by Crippen LogP contribution is -2.46. The zero-order valence-electron chi connectivity index (χ0n) is 14.1. The third kappa shape index (κ3) is 5.05. The molecule has 2 unspecified atom stereocenters. The molecule has 0 heterocycles. The normalized spacial score (nSPS) is 13.6. The SMILES string of the molecule is CNC(=O)C(O)C(O)C(=O)Nc1ccc(-c2ccc(C(F)(F)F)cc2)cc1. The van der Waals surface area contributed by atoms with Gasteiger partial charge in [-0.25, -0.2) is 0 Å². The Morgan fingerprint density at radius 3 is 1.74 bits per heavy atom. The van der Waals surface area contributed by atoms with Crippen molar-refractivity contribution in [2.75, 3.05) is 12.4 Å². The van der Waals surface area contributed by atoms with Gasteiger partial charge in [0.1, 0.15) is 0 Å². The van der Waals surface area contributed by atoms with Gasteiger partial charge in [-0.05, 0) is 35.4 Å². The summed E-state index contributed by atoms with van der Waals surface area (Å²) < 4.78 is 37.8. The van der Waals surface area contributed by atoms with Crippen molar-refractivity contribution in [2.45, 2.75) is 18.4 Å². The van der Waals surface area contributed by atoms with Crippen molar-refractivity contribution in [3.05, 3.63) is 54.1 Å². The van der Waals surface area contributed by atoms with Crippen LogP contribution in [0.4, 0.5) is 18.9 Å². The highest BCUT2D eigenvalue weighted by Crippen LogP contribution is 2.31. The maximum Gasteiger partial charge on any atom is 0.416 e. The number of hydrogen-bond donors (Lipinski definition) is 4. The Bertz CT molecular complexity index is 805. The second kappa shape index (κ2) is 8.19. The lowest BCUT2D eigenvalue weighted by atomic mass is 10.0. The summed E-state index contributed by atoms with van der Waals surface area (Å²) in [4.78, 5) is 23.1. The monoisotopic (exact) mass is 382 g/mol. The van der Waals surface area contributed by atoms with E-state index in [1.807, 2.05) is 0 Å². The zero-order chi connectivity index (χ0) is 20.2. The summed E-state index contributed by atoms with van der Waals surface area (Å²) in [5.41, 5.74) is 0.696. The third-order valence-corrected chi connectivity index (χ3v) is 3.78. The number of rotatable bonds is 5. The average molecular weight is 382 g/mol. The van der Waals surface area contributed by atoms with Gasteiger partial charge in [0.15, 0.2) is 12.2 Å². The van der Waals surface area contributed by atoms with Crippen LogP contribution in [0.2, 0.25) is 0 Å². The molecule has 0 fully saturated rings. The van der Waals surface area contributed by atoms with Crippen LogP contribution in [0, 0.1) is 0 Å². The number of halogens is 3. The second-order valence-electron chi connectivity index (χ2n) is 5.65. The number of carbonyl (C=O) groups excluding carboxylic acids is 2. The summed E-state index contributed by atoms with van der Waals surface area (Å²) >= 11 is 0. The van der Waals surface area contributed by atoms with Crippen molar-refractivity contribution in [3.63, 3.8) is 0 Å². The number of amides is 2. The Balaban J connectivity index is 2.07. The summed E-state index contributed by atoms with van der Waals surface area (Å²) in [7, 11) is 1.25. The summed E-state index contributed by atoms with van der Waals surface area (Å²) in [6, 6.07) is 10.7. The van der Waals surface area contributed by atoms with Crippen molar-refractivity contribution in [3.8, 4) is 11.1 Å². The van der Waals surface area contributed by atoms with E-state index in [4.69, 9.17) is 0 Å². The summed E-state index contributed by atoms with van der Waals surface area (Å²) in [6.07, 6.45) is -8.28. The van der Waals surface area contributed by atoms with Gasteiger partial charge < -0.3 is 20.8 Å². The summed E-state index contributed by atoms with van der Waals surface area (Å²) in [5, 5.41) is 23.6. The van der Waals surface area contributed by atoms with Gasteiger partial charge in [0.25, 0.3) is 11.8 Å². The van der Waals surface area contributed by atoms with Gasteiger partial charge in [-0.1, -0.05) is 24.3 Å². The number of alkyl halides is 3.